The number of amides is 1. The van der Waals surface area contributed by atoms with Gasteiger partial charge in [-0.15, -0.1) is 0 Å². The molecule has 19 heavy (non-hydrogen) atoms. The standard InChI is InChI=1S/C16H27NO2/c1-2-19-12-11-16(9-6-10-16)13-17-15(18)14-7-4-3-5-8-14/h3-4,14H,2,5-13H2,1H3,(H,17,18)/t14-/m1/s1. The van der Waals surface area contributed by atoms with Crippen LogP contribution in [0.3, 0.4) is 0 Å². The molecule has 2 aliphatic rings. The van der Waals surface area contributed by atoms with E-state index >= 15 is 0 Å². The van der Waals surface area contributed by atoms with E-state index in [2.05, 4.69) is 17.5 Å². The summed E-state index contributed by atoms with van der Waals surface area (Å²) in [4.78, 5) is 12.1. The first-order chi connectivity index (χ1) is 9.26. The van der Waals surface area contributed by atoms with E-state index in [1.54, 1.807) is 0 Å². The van der Waals surface area contributed by atoms with Crippen LogP contribution in [-0.2, 0) is 9.53 Å². The zero-order valence-electron chi connectivity index (χ0n) is 12.1. The van der Waals surface area contributed by atoms with Gasteiger partial charge in [-0.05, 0) is 50.9 Å². The highest BCUT2D eigenvalue weighted by Gasteiger charge is 2.37. The molecule has 1 fully saturated rings. The van der Waals surface area contributed by atoms with Crippen molar-refractivity contribution in [3.8, 4) is 0 Å². The van der Waals surface area contributed by atoms with Gasteiger partial charge in [0.15, 0.2) is 0 Å². The molecule has 1 saturated carbocycles. The Bertz CT molecular complexity index is 321. The van der Waals surface area contributed by atoms with E-state index in [0.29, 0.717) is 5.41 Å². The predicted octanol–water partition coefficient (Wildman–Crippen LogP) is 3.06. The van der Waals surface area contributed by atoms with Gasteiger partial charge in [0.2, 0.25) is 5.91 Å². The Morgan fingerprint density at radius 2 is 2.26 bits per heavy atom. The third-order valence-electron chi connectivity index (χ3n) is 4.67. The van der Waals surface area contributed by atoms with Crippen molar-refractivity contribution < 1.29 is 9.53 Å². The molecule has 3 heteroatoms. The number of hydrogen-bond acceptors (Lipinski definition) is 2. The number of carbonyl (C=O) groups excluding carboxylic acids is 1. The van der Waals surface area contributed by atoms with Crippen LogP contribution in [0.1, 0.15) is 51.9 Å². The second-order valence-electron chi connectivity index (χ2n) is 6.00. The molecule has 2 aliphatic carbocycles. The SMILES string of the molecule is CCOCCC1(CNC(=O)[C@@H]2CC=CCC2)CCC1. The molecule has 0 aliphatic heterocycles. The molecule has 108 valence electrons. The first-order valence-electron chi connectivity index (χ1n) is 7.76. The maximum atomic E-state index is 12.1. The summed E-state index contributed by atoms with van der Waals surface area (Å²) in [6, 6.07) is 0. The Hall–Kier alpha value is -0.830. The molecule has 0 aromatic heterocycles. The van der Waals surface area contributed by atoms with Crippen LogP contribution in [0.2, 0.25) is 0 Å². The van der Waals surface area contributed by atoms with E-state index in [-0.39, 0.29) is 11.8 Å². The van der Waals surface area contributed by atoms with E-state index in [9.17, 15) is 4.79 Å². The zero-order chi connectivity index (χ0) is 13.6. The highest BCUT2D eigenvalue weighted by atomic mass is 16.5. The summed E-state index contributed by atoms with van der Waals surface area (Å²) in [5.74, 6) is 0.459. The Morgan fingerprint density at radius 3 is 2.84 bits per heavy atom. The van der Waals surface area contributed by atoms with Crippen molar-refractivity contribution in [2.75, 3.05) is 19.8 Å². The van der Waals surface area contributed by atoms with Crippen molar-refractivity contribution in [1.29, 1.82) is 0 Å². The predicted molar refractivity (Wildman–Crippen MR) is 76.9 cm³/mol. The average Bonchev–Trinajstić information content (AvgIpc) is 2.41. The first-order valence-corrected chi connectivity index (χ1v) is 7.76. The Labute approximate surface area is 116 Å². The van der Waals surface area contributed by atoms with Crippen molar-refractivity contribution in [1.82, 2.24) is 5.32 Å². The number of hydrogen-bond donors (Lipinski definition) is 1. The quantitative estimate of drug-likeness (QED) is 0.567. The molecule has 0 spiro atoms. The van der Waals surface area contributed by atoms with Gasteiger partial charge in [-0.2, -0.15) is 0 Å². The van der Waals surface area contributed by atoms with Crippen LogP contribution >= 0.6 is 0 Å². The highest BCUT2D eigenvalue weighted by Crippen LogP contribution is 2.43. The number of allylic oxidation sites excluding steroid dienone is 2. The summed E-state index contributed by atoms with van der Waals surface area (Å²) < 4.78 is 5.47. The fourth-order valence-corrected chi connectivity index (χ4v) is 3.08. The van der Waals surface area contributed by atoms with E-state index in [1.165, 1.54) is 19.3 Å². The minimum atomic E-state index is 0.203. The van der Waals surface area contributed by atoms with Gasteiger partial charge >= 0.3 is 0 Å². The zero-order valence-corrected chi connectivity index (χ0v) is 12.1. The minimum Gasteiger partial charge on any atom is -0.382 e. The van der Waals surface area contributed by atoms with Gasteiger partial charge in [-0.25, -0.2) is 0 Å². The third kappa shape index (κ3) is 4.07. The van der Waals surface area contributed by atoms with E-state index in [4.69, 9.17) is 4.74 Å². The second-order valence-corrected chi connectivity index (χ2v) is 6.00. The molecule has 1 amide bonds. The molecule has 1 N–H and O–H groups in total. The normalized spacial score (nSPS) is 24.8. The second kappa shape index (κ2) is 7.09. The summed E-state index contributed by atoms with van der Waals surface area (Å²) in [6.45, 7) is 4.50. The highest BCUT2D eigenvalue weighted by molar-refractivity contribution is 5.79. The molecular formula is C16H27NO2. The maximum absolute atomic E-state index is 12.1. The van der Waals surface area contributed by atoms with Crippen LogP contribution in [0.25, 0.3) is 0 Å². The van der Waals surface area contributed by atoms with Gasteiger partial charge in [0.05, 0.1) is 0 Å². The summed E-state index contributed by atoms with van der Waals surface area (Å²) in [6.07, 6.45) is 12.2. The van der Waals surface area contributed by atoms with Crippen LogP contribution in [-0.4, -0.2) is 25.7 Å². The number of ether oxygens (including phenoxy) is 1. The lowest BCUT2D eigenvalue weighted by atomic mass is 9.66. The van der Waals surface area contributed by atoms with Crippen LogP contribution in [0.5, 0.6) is 0 Å². The van der Waals surface area contributed by atoms with Crippen LogP contribution < -0.4 is 5.32 Å². The molecule has 0 unspecified atom stereocenters. The fraction of sp³-hybridized carbons (Fsp3) is 0.812. The largest absolute Gasteiger partial charge is 0.382 e. The van der Waals surface area contributed by atoms with Crippen molar-refractivity contribution in [3.63, 3.8) is 0 Å². The first kappa shape index (κ1) is 14.6. The van der Waals surface area contributed by atoms with E-state index in [1.807, 2.05) is 6.92 Å². The minimum absolute atomic E-state index is 0.203. The fourth-order valence-electron chi connectivity index (χ4n) is 3.08. The monoisotopic (exact) mass is 265 g/mol. The van der Waals surface area contributed by atoms with Crippen molar-refractivity contribution in [2.45, 2.75) is 51.9 Å². The molecule has 0 heterocycles. The molecule has 2 rings (SSSR count). The van der Waals surface area contributed by atoms with Crippen LogP contribution in [0.15, 0.2) is 12.2 Å². The van der Waals surface area contributed by atoms with E-state index in [0.717, 1.165) is 45.4 Å². The van der Waals surface area contributed by atoms with Gasteiger partial charge in [0.25, 0.3) is 0 Å². The molecule has 1 atom stereocenters. The number of nitrogens with one attached hydrogen (secondary N) is 1. The Morgan fingerprint density at radius 1 is 1.42 bits per heavy atom. The Kier molecular flexibility index (Phi) is 5.44. The molecule has 0 aromatic rings. The lowest BCUT2D eigenvalue weighted by Crippen LogP contribution is -2.44. The molecular weight excluding hydrogens is 238 g/mol. The molecule has 0 bridgehead atoms. The third-order valence-corrected chi connectivity index (χ3v) is 4.67. The number of carbonyl (C=O) groups is 1. The number of rotatable bonds is 7. The molecule has 0 saturated heterocycles. The molecule has 3 nitrogen and oxygen atoms in total. The molecule has 0 radical (unpaired) electrons. The van der Waals surface area contributed by atoms with Gasteiger partial charge in [0, 0.05) is 25.7 Å². The summed E-state index contributed by atoms with van der Waals surface area (Å²) in [5.41, 5.74) is 0.329. The van der Waals surface area contributed by atoms with Gasteiger partial charge in [-0.1, -0.05) is 18.6 Å². The van der Waals surface area contributed by atoms with Crippen molar-refractivity contribution >= 4 is 5.91 Å². The van der Waals surface area contributed by atoms with E-state index < -0.39 is 0 Å². The van der Waals surface area contributed by atoms with Gasteiger partial charge in [-0.3, -0.25) is 4.79 Å². The summed E-state index contributed by atoms with van der Waals surface area (Å²) in [7, 11) is 0. The van der Waals surface area contributed by atoms with Gasteiger partial charge < -0.3 is 10.1 Å². The van der Waals surface area contributed by atoms with Gasteiger partial charge in [0.1, 0.15) is 0 Å². The Balaban J connectivity index is 1.73. The smallest absolute Gasteiger partial charge is 0.223 e. The van der Waals surface area contributed by atoms with Crippen molar-refractivity contribution in [2.24, 2.45) is 11.3 Å². The lowest BCUT2D eigenvalue weighted by Gasteiger charge is -2.42. The van der Waals surface area contributed by atoms with Crippen molar-refractivity contribution in [3.05, 3.63) is 12.2 Å². The summed E-state index contributed by atoms with van der Waals surface area (Å²) in [5, 5.41) is 3.19. The average molecular weight is 265 g/mol. The van der Waals surface area contributed by atoms with Crippen LogP contribution in [0.4, 0.5) is 0 Å². The van der Waals surface area contributed by atoms with Crippen LogP contribution in [0, 0.1) is 11.3 Å². The molecule has 0 aromatic carbocycles. The topological polar surface area (TPSA) is 38.3 Å². The maximum Gasteiger partial charge on any atom is 0.223 e. The summed E-state index contributed by atoms with van der Waals surface area (Å²) >= 11 is 0. The lowest BCUT2D eigenvalue weighted by molar-refractivity contribution is -0.126.